The number of hydrogen-bond acceptors (Lipinski definition) is 4. The van der Waals surface area contributed by atoms with Gasteiger partial charge in [0.05, 0.1) is 29.8 Å². The van der Waals surface area contributed by atoms with E-state index in [1.165, 1.54) is 6.42 Å². The van der Waals surface area contributed by atoms with Crippen LogP contribution in [0.25, 0.3) is 11.3 Å². The summed E-state index contributed by atoms with van der Waals surface area (Å²) in [7, 11) is 0. The van der Waals surface area contributed by atoms with Gasteiger partial charge >= 0.3 is 0 Å². The van der Waals surface area contributed by atoms with Crippen LogP contribution < -0.4 is 5.32 Å². The molecule has 0 amide bonds. The number of hydrogen-bond donors (Lipinski definition) is 1. The molecule has 1 fully saturated rings. The van der Waals surface area contributed by atoms with Gasteiger partial charge in [0.25, 0.3) is 0 Å². The minimum Gasteiger partial charge on any atom is -0.309 e. The van der Waals surface area contributed by atoms with Crippen molar-refractivity contribution in [3.63, 3.8) is 0 Å². The van der Waals surface area contributed by atoms with Crippen LogP contribution in [0.5, 0.6) is 0 Å². The van der Waals surface area contributed by atoms with Gasteiger partial charge < -0.3 is 5.32 Å². The molecule has 3 rings (SSSR count). The number of nitrogens with zero attached hydrogens (tertiary/aromatic N) is 3. The normalized spacial score (nSPS) is 19.4. The summed E-state index contributed by atoms with van der Waals surface area (Å²) in [5.74, 6) is 0. The quantitative estimate of drug-likeness (QED) is 0.850. The predicted molar refractivity (Wildman–Crippen MR) is 65.2 cm³/mol. The SMILES string of the molecule is c1cncc(-c2cncc([C@H]3CCCN3)n2)c1. The van der Waals surface area contributed by atoms with E-state index in [4.69, 9.17) is 0 Å². The molecule has 1 N–H and O–H groups in total. The molecule has 0 bridgehead atoms. The number of aromatic nitrogens is 3. The molecule has 0 aliphatic carbocycles. The largest absolute Gasteiger partial charge is 0.309 e. The van der Waals surface area contributed by atoms with Crippen LogP contribution in [-0.2, 0) is 0 Å². The van der Waals surface area contributed by atoms with Crippen molar-refractivity contribution in [2.45, 2.75) is 18.9 Å². The van der Waals surface area contributed by atoms with E-state index in [0.29, 0.717) is 6.04 Å². The molecule has 1 atom stereocenters. The van der Waals surface area contributed by atoms with Gasteiger partial charge in [-0.2, -0.15) is 0 Å². The maximum atomic E-state index is 4.66. The second kappa shape index (κ2) is 4.59. The van der Waals surface area contributed by atoms with Gasteiger partial charge in [-0.05, 0) is 31.5 Å². The van der Waals surface area contributed by atoms with Gasteiger partial charge in [-0.25, -0.2) is 4.98 Å². The predicted octanol–water partition coefficient (Wildman–Crippen LogP) is 1.96. The Morgan fingerprint density at radius 3 is 2.94 bits per heavy atom. The Morgan fingerprint density at radius 2 is 2.18 bits per heavy atom. The monoisotopic (exact) mass is 226 g/mol. The van der Waals surface area contributed by atoms with E-state index in [1.54, 1.807) is 12.4 Å². The molecule has 2 aromatic heterocycles. The summed E-state index contributed by atoms with van der Waals surface area (Å²) in [6, 6.07) is 4.28. The third-order valence-electron chi connectivity index (χ3n) is 3.03. The molecule has 1 aliphatic rings. The lowest BCUT2D eigenvalue weighted by atomic mass is 10.1. The third-order valence-corrected chi connectivity index (χ3v) is 3.03. The first-order chi connectivity index (χ1) is 8.43. The minimum atomic E-state index is 0.360. The van der Waals surface area contributed by atoms with Crippen LogP contribution in [0.2, 0.25) is 0 Å². The smallest absolute Gasteiger partial charge is 0.0904 e. The van der Waals surface area contributed by atoms with Crippen molar-refractivity contribution in [1.29, 1.82) is 0 Å². The molecule has 0 spiro atoms. The lowest BCUT2D eigenvalue weighted by Crippen LogP contribution is -2.14. The van der Waals surface area contributed by atoms with Crippen molar-refractivity contribution in [1.82, 2.24) is 20.3 Å². The van der Waals surface area contributed by atoms with Gasteiger partial charge in [-0.15, -0.1) is 0 Å². The summed E-state index contributed by atoms with van der Waals surface area (Å²) in [6.45, 7) is 1.07. The standard InChI is InChI=1S/C13H14N4/c1-3-10(7-14-5-1)12-8-15-9-13(17-12)11-4-2-6-16-11/h1,3,5,7-9,11,16H,2,4,6H2/t11-/m1/s1. The van der Waals surface area contributed by atoms with Crippen molar-refractivity contribution < 1.29 is 0 Å². The van der Waals surface area contributed by atoms with E-state index in [-0.39, 0.29) is 0 Å². The van der Waals surface area contributed by atoms with Gasteiger partial charge in [0, 0.05) is 18.0 Å². The van der Waals surface area contributed by atoms with E-state index in [1.807, 2.05) is 24.5 Å². The molecule has 0 unspecified atom stereocenters. The van der Waals surface area contributed by atoms with Crippen LogP contribution in [-0.4, -0.2) is 21.5 Å². The summed E-state index contributed by atoms with van der Waals surface area (Å²) in [5, 5.41) is 3.43. The third kappa shape index (κ3) is 2.17. The van der Waals surface area contributed by atoms with E-state index in [0.717, 1.165) is 29.9 Å². The molecule has 86 valence electrons. The topological polar surface area (TPSA) is 50.7 Å². The molecule has 4 heteroatoms. The highest BCUT2D eigenvalue weighted by Crippen LogP contribution is 2.23. The molecule has 4 nitrogen and oxygen atoms in total. The molecule has 3 heterocycles. The Labute approximate surface area is 100 Å². The molecule has 1 saturated heterocycles. The zero-order valence-corrected chi connectivity index (χ0v) is 9.50. The van der Waals surface area contributed by atoms with Crippen molar-refractivity contribution in [3.05, 3.63) is 42.6 Å². The molecular formula is C13H14N4. The first-order valence-corrected chi connectivity index (χ1v) is 5.89. The fourth-order valence-corrected chi connectivity index (χ4v) is 2.14. The molecular weight excluding hydrogens is 212 g/mol. The molecule has 0 saturated carbocycles. The zero-order valence-electron chi connectivity index (χ0n) is 9.50. The van der Waals surface area contributed by atoms with Gasteiger partial charge in [0.1, 0.15) is 0 Å². The van der Waals surface area contributed by atoms with E-state index < -0.39 is 0 Å². The molecule has 0 radical (unpaired) electrons. The second-order valence-corrected chi connectivity index (χ2v) is 4.22. The summed E-state index contributed by atoms with van der Waals surface area (Å²) in [4.78, 5) is 13.0. The Bertz CT molecular complexity index is 492. The molecule has 17 heavy (non-hydrogen) atoms. The fourth-order valence-electron chi connectivity index (χ4n) is 2.14. The van der Waals surface area contributed by atoms with Gasteiger partial charge in [-0.3, -0.25) is 9.97 Å². The average Bonchev–Trinajstić information content (AvgIpc) is 2.94. The van der Waals surface area contributed by atoms with Crippen LogP contribution in [0.15, 0.2) is 36.9 Å². The fraction of sp³-hybridized carbons (Fsp3) is 0.308. The van der Waals surface area contributed by atoms with Crippen LogP contribution in [0.1, 0.15) is 24.6 Å². The highest BCUT2D eigenvalue weighted by molar-refractivity contribution is 5.56. The highest BCUT2D eigenvalue weighted by atomic mass is 15.0. The van der Waals surface area contributed by atoms with Gasteiger partial charge in [0.15, 0.2) is 0 Å². The van der Waals surface area contributed by atoms with Crippen molar-refractivity contribution in [2.75, 3.05) is 6.54 Å². The maximum Gasteiger partial charge on any atom is 0.0904 e. The number of rotatable bonds is 2. The van der Waals surface area contributed by atoms with E-state index in [2.05, 4.69) is 20.3 Å². The van der Waals surface area contributed by atoms with Crippen LogP contribution in [0, 0.1) is 0 Å². The molecule has 1 aliphatic heterocycles. The van der Waals surface area contributed by atoms with Gasteiger partial charge in [-0.1, -0.05) is 0 Å². The molecule has 0 aromatic carbocycles. The summed E-state index contributed by atoms with van der Waals surface area (Å²) in [5.41, 5.74) is 2.94. The zero-order chi connectivity index (χ0) is 11.5. The Balaban J connectivity index is 1.94. The number of nitrogens with one attached hydrogen (secondary N) is 1. The Hall–Kier alpha value is -1.81. The second-order valence-electron chi connectivity index (χ2n) is 4.22. The highest BCUT2D eigenvalue weighted by Gasteiger charge is 2.18. The minimum absolute atomic E-state index is 0.360. The van der Waals surface area contributed by atoms with Crippen LogP contribution in [0.4, 0.5) is 0 Å². The lowest BCUT2D eigenvalue weighted by Gasteiger charge is -2.10. The molecule has 2 aromatic rings. The summed E-state index contributed by atoms with van der Waals surface area (Å²) < 4.78 is 0. The van der Waals surface area contributed by atoms with E-state index >= 15 is 0 Å². The van der Waals surface area contributed by atoms with Crippen molar-refractivity contribution in [2.24, 2.45) is 0 Å². The lowest BCUT2D eigenvalue weighted by molar-refractivity contribution is 0.625. The van der Waals surface area contributed by atoms with E-state index in [9.17, 15) is 0 Å². The first kappa shape index (κ1) is 10.4. The van der Waals surface area contributed by atoms with Gasteiger partial charge in [0.2, 0.25) is 0 Å². The van der Waals surface area contributed by atoms with Crippen molar-refractivity contribution >= 4 is 0 Å². The van der Waals surface area contributed by atoms with Crippen LogP contribution in [0.3, 0.4) is 0 Å². The average molecular weight is 226 g/mol. The number of pyridine rings is 1. The Morgan fingerprint density at radius 1 is 1.18 bits per heavy atom. The first-order valence-electron chi connectivity index (χ1n) is 5.89. The summed E-state index contributed by atoms with van der Waals surface area (Å²) in [6.07, 6.45) is 9.57. The van der Waals surface area contributed by atoms with Crippen molar-refractivity contribution in [3.8, 4) is 11.3 Å². The summed E-state index contributed by atoms with van der Waals surface area (Å²) >= 11 is 0. The maximum absolute atomic E-state index is 4.66. The van der Waals surface area contributed by atoms with Crippen LogP contribution >= 0.6 is 0 Å². The Kier molecular flexibility index (Phi) is 2.80.